The third kappa shape index (κ3) is 4.86. The van der Waals surface area contributed by atoms with Gasteiger partial charge in [-0.05, 0) is 30.7 Å². The van der Waals surface area contributed by atoms with E-state index in [1.807, 2.05) is 40.9 Å². The van der Waals surface area contributed by atoms with E-state index in [0.717, 1.165) is 17.0 Å². The fourth-order valence-corrected chi connectivity index (χ4v) is 5.77. The summed E-state index contributed by atoms with van der Waals surface area (Å²) in [4.78, 5) is 43.5. The number of aromatic nitrogens is 4. The van der Waals surface area contributed by atoms with Crippen LogP contribution in [0.1, 0.15) is 35.4 Å². The number of imidazole rings is 1. The Labute approximate surface area is 229 Å². The van der Waals surface area contributed by atoms with Gasteiger partial charge in [0.2, 0.25) is 11.7 Å². The Morgan fingerprint density at radius 3 is 2.72 bits per heavy atom. The zero-order chi connectivity index (χ0) is 27.1. The molecular weight excluding hydrogens is 523 g/mol. The summed E-state index contributed by atoms with van der Waals surface area (Å²) in [5, 5.41) is 0.637. The predicted molar refractivity (Wildman–Crippen MR) is 142 cm³/mol. The van der Waals surface area contributed by atoms with Crippen LogP contribution in [0.4, 0.5) is 4.39 Å². The number of rotatable bonds is 5. The maximum Gasteiger partial charge on any atom is 0.276 e. The van der Waals surface area contributed by atoms with Gasteiger partial charge in [0.15, 0.2) is 11.5 Å². The summed E-state index contributed by atoms with van der Waals surface area (Å²) in [7, 11) is 1.42. The number of hydrogen-bond donors (Lipinski definition) is 0. The first-order chi connectivity index (χ1) is 18.9. The smallest absolute Gasteiger partial charge is 0.276 e. The molecule has 2 aliphatic heterocycles. The van der Waals surface area contributed by atoms with Crippen molar-refractivity contribution in [2.24, 2.45) is 0 Å². The van der Waals surface area contributed by atoms with Gasteiger partial charge >= 0.3 is 0 Å². The molecule has 39 heavy (non-hydrogen) atoms. The van der Waals surface area contributed by atoms with E-state index in [9.17, 15) is 14.0 Å². The highest BCUT2D eigenvalue weighted by Crippen LogP contribution is 2.32. The molecule has 4 aromatic rings. The lowest BCUT2D eigenvalue weighted by molar-refractivity contribution is -0.124. The minimum Gasteiger partial charge on any atom is -0.481 e. The van der Waals surface area contributed by atoms with Crippen molar-refractivity contribution in [1.29, 1.82) is 0 Å². The van der Waals surface area contributed by atoms with Crippen LogP contribution >= 0.6 is 11.6 Å². The second-order valence-electron chi connectivity index (χ2n) is 9.88. The highest BCUT2D eigenvalue weighted by Gasteiger charge is 2.42. The van der Waals surface area contributed by atoms with Crippen LogP contribution in [0.5, 0.6) is 5.88 Å². The number of amides is 1. The molecule has 5 heterocycles. The van der Waals surface area contributed by atoms with E-state index < -0.39 is 17.8 Å². The number of pyridine rings is 1. The SMILES string of the molecule is COc1ccc(F)c(C(=O)N2C3CCN(Cc4c(-c5ccc(Cl)cc5)nc5ncccn45)CC2CC(=O)C3)n1. The number of halogens is 2. The van der Waals surface area contributed by atoms with Crippen LogP contribution in [0, 0.1) is 5.82 Å². The van der Waals surface area contributed by atoms with Gasteiger partial charge in [0, 0.05) is 67.6 Å². The normalized spacial score (nSPS) is 19.8. The third-order valence-electron chi connectivity index (χ3n) is 7.42. The lowest BCUT2D eigenvalue weighted by Gasteiger charge is -2.39. The fraction of sp³-hybridized carbons (Fsp3) is 0.321. The molecule has 0 spiro atoms. The second kappa shape index (κ2) is 10.3. The van der Waals surface area contributed by atoms with Crippen molar-refractivity contribution in [1.82, 2.24) is 29.2 Å². The molecular formula is C28H26ClFN6O3. The van der Waals surface area contributed by atoms with Gasteiger partial charge in [-0.15, -0.1) is 0 Å². The topological polar surface area (TPSA) is 92.9 Å². The van der Waals surface area contributed by atoms with Gasteiger partial charge in [-0.3, -0.25) is 18.9 Å². The minimum absolute atomic E-state index is 0.107. The second-order valence-corrected chi connectivity index (χ2v) is 10.3. The molecule has 2 bridgehead atoms. The van der Waals surface area contributed by atoms with E-state index in [0.29, 0.717) is 36.9 Å². The molecule has 2 atom stereocenters. The van der Waals surface area contributed by atoms with E-state index >= 15 is 0 Å². The van der Waals surface area contributed by atoms with E-state index in [1.54, 1.807) is 11.1 Å². The van der Waals surface area contributed by atoms with Crippen molar-refractivity contribution < 1.29 is 18.7 Å². The monoisotopic (exact) mass is 548 g/mol. The van der Waals surface area contributed by atoms with Crippen molar-refractivity contribution in [3.63, 3.8) is 0 Å². The molecule has 1 aromatic carbocycles. The molecule has 2 saturated heterocycles. The molecule has 1 amide bonds. The molecule has 9 nitrogen and oxygen atoms in total. The summed E-state index contributed by atoms with van der Waals surface area (Å²) in [6.45, 7) is 1.63. The van der Waals surface area contributed by atoms with Gasteiger partial charge in [-0.1, -0.05) is 23.7 Å². The molecule has 2 fully saturated rings. The van der Waals surface area contributed by atoms with Crippen molar-refractivity contribution in [2.45, 2.75) is 37.9 Å². The van der Waals surface area contributed by atoms with Crippen molar-refractivity contribution in [3.05, 3.63) is 77.1 Å². The van der Waals surface area contributed by atoms with Crippen LogP contribution in [0.25, 0.3) is 17.0 Å². The van der Waals surface area contributed by atoms with Crippen LogP contribution in [0.15, 0.2) is 54.9 Å². The van der Waals surface area contributed by atoms with Gasteiger partial charge in [-0.2, -0.15) is 0 Å². The fourth-order valence-electron chi connectivity index (χ4n) is 5.64. The number of methoxy groups -OCH3 is 1. The number of carbonyl (C=O) groups excluding carboxylic acids is 2. The number of ketones is 1. The summed E-state index contributed by atoms with van der Waals surface area (Å²) in [5.41, 5.74) is 2.37. The van der Waals surface area contributed by atoms with Crippen LogP contribution in [0.3, 0.4) is 0 Å². The number of benzene rings is 1. The summed E-state index contributed by atoms with van der Waals surface area (Å²) in [5.74, 6) is -0.379. The molecule has 3 aromatic heterocycles. The first-order valence-electron chi connectivity index (χ1n) is 12.8. The molecule has 11 heteroatoms. The Balaban J connectivity index is 1.33. The molecule has 2 unspecified atom stereocenters. The van der Waals surface area contributed by atoms with Crippen LogP contribution in [-0.4, -0.2) is 73.1 Å². The average Bonchev–Trinajstić information content (AvgIpc) is 3.24. The highest BCUT2D eigenvalue weighted by atomic mass is 35.5. The molecule has 0 N–H and O–H groups in total. The largest absolute Gasteiger partial charge is 0.481 e. The summed E-state index contributed by atoms with van der Waals surface area (Å²) >= 11 is 6.12. The van der Waals surface area contributed by atoms with Gasteiger partial charge < -0.3 is 9.64 Å². The summed E-state index contributed by atoms with van der Waals surface area (Å²) in [6.07, 6.45) is 4.66. The van der Waals surface area contributed by atoms with Crippen molar-refractivity contribution in [2.75, 3.05) is 20.2 Å². The Kier molecular flexibility index (Phi) is 6.74. The van der Waals surface area contributed by atoms with Crippen LogP contribution in [0.2, 0.25) is 5.02 Å². The zero-order valence-corrected chi connectivity index (χ0v) is 22.0. The molecule has 200 valence electrons. The van der Waals surface area contributed by atoms with Crippen LogP contribution < -0.4 is 4.74 Å². The van der Waals surface area contributed by atoms with E-state index in [-0.39, 0.29) is 36.2 Å². The van der Waals surface area contributed by atoms with Gasteiger partial charge in [0.1, 0.15) is 5.78 Å². The Morgan fingerprint density at radius 2 is 1.92 bits per heavy atom. The lowest BCUT2D eigenvalue weighted by Crippen LogP contribution is -2.54. The number of Topliss-reactive ketones (excluding diaryl/α,β-unsaturated/α-hetero) is 1. The predicted octanol–water partition coefficient (Wildman–Crippen LogP) is 4.04. The number of nitrogens with zero attached hydrogens (tertiary/aromatic N) is 6. The van der Waals surface area contributed by atoms with Crippen molar-refractivity contribution in [3.8, 4) is 17.1 Å². The Morgan fingerprint density at radius 1 is 1.13 bits per heavy atom. The highest BCUT2D eigenvalue weighted by molar-refractivity contribution is 6.30. The van der Waals surface area contributed by atoms with E-state index in [4.69, 9.17) is 21.3 Å². The summed E-state index contributed by atoms with van der Waals surface area (Å²) < 4.78 is 21.8. The number of hydrogen-bond acceptors (Lipinski definition) is 7. The zero-order valence-electron chi connectivity index (χ0n) is 21.3. The van der Waals surface area contributed by atoms with Gasteiger partial charge in [0.25, 0.3) is 5.91 Å². The molecule has 0 radical (unpaired) electrons. The molecule has 2 aliphatic rings. The number of carbonyl (C=O) groups is 2. The summed E-state index contributed by atoms with van der Waals surface area (Å²) in [6, 6.07) is 11.2. The maximum atomic E-state index is 14.7. The van der Waals surface area contributed by atoms with E-state index in [1.165, 1.54) is 19.2 Å². The van der Waals surface area contributed by atoms with E-state index in [2.05, 4.69) is 14.9 Å². The standard InChI is InChI=1S/C28H26ClFN6O3/c1-39-24-8-7-22(30)26(32-24)27(38)36-19-9-12-34(15-20(36)14-21(37)13-19)16-23-25(17-3-5-18(29)6-4-17)33-28-31-10-2-11-35(23)28/h2-8,10-11,19-20H,9,12-16H2,1H3. The third-order valence-corrected chi connectivity index (χ3v) is 7.67. The number of ether oxygens (including phenoxy) is 1. The molecule has 0 aliphatic carbocycles. The Hall–Kier alpha value is -3.89. The average molecular weight is 549 g/mol. The van der Waals surface area contributed by atoms with Gasteiger partial charge in [0.05, 0.1) is 24.5 Å². The van der Waals surface area contributed by atoms with Crippen LogP contribution in [-0.2, 0) is 11.3 Å². The lowest BCUT2D eigenvalue weighted by atomic mass is 9.93. The Bertz CT molecular complexity index is 1560. The molecule has 0 saturated carbocycles. The maximum absolute atomic E-state index is 14.7. The van der Waals surface area contributed by atoms with Gasteiger partial charge in [-0.25, -0.2) is 19.3 Å². The minimum atomic E-state index is -0.711. The number of fused-ring (bicyclic) bond motifs is 3. The first-order valence-corrected chi connectivity index (χ1v) is 13.1. The van der Waals surface area contributed by atoms with Crippen molar-refractivity contribution >= 4 is 29.1 Å². The number of piperidine rings is 1. The first kappa shape index (κ1) is 25.4. The quantitative estimate of drug-likeness (QED) is 0.371. The molecule has 6 rings (SSSR count).